The Balaban J connectivity index is 1.45. The van der Waals surface area contributed by atoms with E-state index < -0.39 is 27.7 Å². The molecule has 2 heterocycles. The highest BCUT2D eigenvalue weighted by Crippen LogP contribution is 2.56. The summed E-state index contributed by atoms with van der Waals surface area (Å²) < 4.78 is 41.2. The summed E-state index contributed by atoms with van der Waals surface area (Å²) >= 11 is 3.41. The van der Waals surface area contributed by atoms with Crippen LogP contribution in [0, 0.1) is 0 Å². The Morgan fingerprint density at radius 2 is 0.840 bits per heavy atom. The zero-order valence-electron chi connectivity index (χ0n) is 29.9. The molecule has 50 heavy (non-hydrogen) atoms. The highest BCUT2D eigenvalue weighted by molar-refractivity contribution is 9.41. The van der Waals surface area contributed by atoms with Gasteiger partial charge in [-0.15, -0.1) is 22.7 Å². The molecule has 0 aliphatic carbocycles. The summed E-state index contributed by atoms with van der Waals surface area (Å²) in [6, 6.07) is 16.6. The van der Waals surface area contributed by atoms with Crippen LogP contribution in [-0.4, -0.2) is 78.7 Å². The zero-order valence-corrected chi connectivity index (χ0v) is 38.4. The number of benzene rings is 2. The molecule has 2 aromatic heterocycles. The summed E-state index contributed by atoms with van der Waals surface area (Å²) in [5.74, 6) is 1.46. The van der Waals surface area contributed by atoms with E-state index in [1.807, 2.05) is 53.7 Å². The van der Waals surface area contributed by atoms with Crippen LogP contribution in [0.4, 0.5) is 0 Å². The number of aromatic nitrogens is 2. The van der Waals surface area contributed by atoms with Crippen LogP contribution >= 0.6 is 83.6 Å². The van der Waals surface area contributed by atoms with E-state index in [4.69, 9.17) is 36.5 Å². The fraction of sp³-hybridized carbons (Fsp3) is 0.562. The summed E-state index contributed by atoms with van der Waals surface area (Å²) in [6.07, 6.45) is 0. The van der Waals surface area contributed by atoms with Gasteiger partial charge < -0.3 is 26.6 Å². The highest BCUT2D eigenvalue weighted by Gasteiger charge is 2.62. The number of hydrogen-bond donors (Lipinski definition) is 0. The molecule has 18 heteroatoms. The van der Waals surface area contributed by atoms with Crippen LogP contribution in [0.2, 0.25) is 0 Å². The van der Waals surface area contributed by atoms with Gasteiger partial charge in [0.15, 0.2) is 0 Å². The second kappa shape index (κ2) is 21.0. The molecule has 278 valence electrons. The average molecular weight is 869 g/mol. The van der Waals surface area contributed by atoms with Crippen LogP contribution < -0.4 is 0 Å². The predicted molar refractivity (Wildman–Crippen MR) is 230 cm³/mol. The molecule has 4 aromatic rings. The Morgan fingerprint density at radius 3 is 1.14 bits per heavy atom. The standard InChI is InChI=1S/C32H48N2O6S8Si2/c1-9-35-49(36-10-2,37-11-3)31(7,29-33-25-19-15-17-21-27(25)43-29)23-41-45-47-48-46-42-24-32(8,50(38-12-4,39-13-5)40-14-6)30-34-26-20-16-18-22-28(26)44-30/h15-22H,9-14,23-24H2,1-8H3. The lowest BCUT2D eigenvalue weighted by Crippen LogP contribution is -2.63. The molecule has 2 unspecified atom stereocenters. The van der Waals surface area contributed by atoms with Crippen LogP contribution in [0.1, 0.15) is 65.4 Å². The SMILES string of the molecule is CCO[Si](OCC)(OCC)C(C)(CSSSSSSCC(C)(c1nc2ccccc2s1)[Si](OCC)(OCC)OCC)c1nc2ccccc2s1. The summed E-state index contributed by atoms with van der Waals surface area (Å²) in [6.45, 7) is 19.5. The third-order valence-corrected chi connectivity index (χ3v) is 30.0. The van der Waals surface area contributed by atoms with E-state index in [-0.39, 0.29) is 0 Å². The highest BCUT2D eigenvalue weighted by atomic mass is 33.9. The molecular formula is C32H48N2O6S8Si2. The van der Waals surface area contributed by atoms with E-state index in [2.05, 4.69) is 50.2 Å². The first-order valence-electron chi connectivity index (χ1n) is 16.7. The molecule has 0 saturated carbocycles. The second-order valence-corrected chi connectivity index (χ2v) is 28.9. The fourth-order valence-electron chi connectivity index (χ4n) is 5.47. The fourth-order valence-corrected chi connectivity index (χ4v) is 28.6. The maximum Gasteiger partial charge on any atom is 0.515 e. The van der Waals surface area contributed by atoms with Gasteiger partial charge in [-0.1, -0.05) is 45.9 Å². The molecule has 0 aliphatic heterocycles. The Morgan fingerprint density at radius 1 is 0.520 bits per heavy atom. The largest absolute Gasteiger partial charge is 0.515 e. The smallest absolute Gasteiger partial charge is 0.373 e. The van der Waals surface area contributed by atoms with Crippen LogP contribution in [-0.2, 0) is 36.6 Å². The van der Waals surface area contributed by atoms with Crippen LogP contribution in [0.3, 0.4) is 0 Å². The molecule has 0 bridgehead atoms. The van der Waals surface area contributed by atoms with Crippen molar-refractivity contribution in [2.45, 2.75) is 65.5 Å². The van der Waals surface area contributed by atoms with Gasteiger partial charge >= 0.3 is 17.6 Å². The molecule has 0 saturated heterocycles. The van der Waals surface area contributed by atoms with Crippen molar-refractivity contribution in [1.82, 2.24) is 9.97 Å². The zero-order chi connectivity index (χ0) is 36.1. The van der Waals surface area contributed by atoms with E-state index in [1.54, 1.807) is 83.6 Å². The Labute approximate surface area is 330 Å². The maximum atomic E-state index is 6.49. The number of thiazole rings is 2. The minimum atomic E-state index is -3.19. The first kappa shape index (κ1) is 43.2. The van der Waals surface area contributed by atoms with Crippen LogP contribution in [0.5, 0.6) is 0 Å². The molecule has 0 aliphatic rings. The van der Waals surface area contributed by atoms with Crippen molar-refractivity contribution in [1.29, 1.82) is 0 Å². The molecule has 2 aromatic carbocycles. The summed E-state index contributed by atoms with van der Waals surface area (Å²) in [5, 5.41) is 0.926. The third kappa shape index (κ3) is 9.84. The van der Waals surface area contributed by atoms with Gasteiger partial charge in [-0.25, -0.2) is 9.97 Å². The molecule has 0 N–H and O–H groups in total. The molecule has 4 rings (SSSR count). The van der Waals surface area contributed by atoms with E-state index in [0.29, 0.717) is 39.6 Å². The number of hydrogen-bond acceptors (Lipinski definition) is 16. The lowest BCUT2D eigenvalue weighted by Gasteiger charge is -2.41. The monoisotopic (exact) mass is 868 g/mol. The molecule has 0 spiro atoms. The molecule has 2 atom stereocenters. The topological polar surface area (TPSA) is 81.2 Å². The Bertz CT molecular complexity index is 1390. The lowest BCUT2D eigenvalue weighted by molar-refractivity contribution is 0.0494. The first-order valence-corrected chi connectivity index (χ1v) is 29.6. The molecule has 0 fully saturated rings. The predicted octanol–water partition coefficient (Wildman–Crippen LogP) is 11.3. The van der Waals surface area contributed by atoms with E-state index in [1.165, 1.54) is 0 Å². The van der Waals surface area contributed by atoms with Gasteiger partial charge in [0.1, 0.15) is 10.0 Å². The van der Waals surface area contributed by atoms with Crippen molar-refractivity contribution in [3.63, 3.8) is 0 Å². The van der Waals surface area contributed by atoms with Gasteiger partial charge in [-0.2, -0.15) is 0 Å². The van der Waals surface area contributed by atoms with E-state index >= 15 is 0 Å². The van der Waals surface area contributed by atoms with E-state index in [9.17, 15) is 0 Å². The third-order valence-electron chi connectivity index (χ3n) is 7.76. The Kier molecular flexibility index (Phi) is 18.2. The quantitative estimate of drug-likeness (QED) is 0.0360. The number of nitrogens with zero attached hydrogens (tertiary/aromatic N) is 2. The summed E-state index contributed by atoms with van der Waals surface area (Å²) in [5.41, 5.74) is 1.98. The minimum absolute atomic E-state index is 0.513. The maximum absolute atomic E-state index is 6.49. The van der Waals surface area contributed by atoms with Crippen LogP contribution in [0.15, 0.2) is 48.5 Å². The number of rotatable bonds is 25. The molecular weight excluding hydrogens is 821 g/mol. The molecule has 0 amide bonds. The van der Waals surface area contributed by atoms with Crippen molar-refractivity contribution < 1.29 is 26.6 Å². The molecule has 8 nitrogen and oxygen atoms in total. The summed E-state index contributed by atoms with van der Waals surface area (Å²) in [4.78, 5) is 10.2. The van der Waals surface area contributed by atoms with Crippen molar-refractivity contribution in [3.05, 3.63) is 58.5 Å². The van der Waals surface area contributed by atoms with Gasteiger partial charge in [0.2, 0.25) is 0 Å². The number of para-hydroxylation sites is 2. The van der Waals surface area contributed by atoms with Crippen LogP contribution in [0.25, 0.3) is 20.4 Å². The Hall–Kier alpha value is 0.514. The van der Waals surface area contributed by atoms with E-state index in [0.717, 1.165) is 42.0 Å². The first-order chi connectivity index (χ1) is 24.2. The second-order valence-electron chi connectivity index (χ2n) is 11.1. The lowest BCUT2D eigenvalue weighted by atomic mass is 10.2. The normalized spacial score (nSPS) is 15.1. The summed E-state index contributed by atoms with van der Waals surface area (Å²) in [7, 11) is 4.23. The van der Waals surface area contributed by atoms with Gasteiger partial charge in [0.25, 0.3) is 0 Å². The number of fused-ring (bicyclic) bond motifs is 2. The van der Waals surface area contributed by atoms with Crippen molar-refractivity contribution in [2.75, 3.05) is 51.1 Å². The van der Waals surface area contributed by atoms with Gasteiger partial charge in [0, 0.05) is 51.1 Å². The van der Waals surface area contributed by atoms with Gasteiger partial charge in [0.05, 0.1) is 30.5 Å². The van der Waals surface area contributed by atoms with Crippen molar-refractivity contribution in [3.8, 4) is 0 Å². The molecule has 0 radical (unpaired) electrons. The van der Waals surface area contributed by atoms with Gasteiger partial charge in [-0.05, 0) is 119 Å². The van der Waals surface area contributed by atoms with Crippen molar-refractivity contribution in [2.24, 2.45) is 0 Å². The average Bonchev–Trinajstić information content (AvgIpc) is 3.75. The van der Waals surface area contributed by atoms with Gasteiger partial charge in [-0.3, -0.25) is 0 Å². The van der Waals surface area contributed by atoms with Crippen molar-refractivity contribution >= 4 is 122 Å². The minimum Gasteiger partial charge on any atom is -0.373 e.